The van der Waals surface area contributed by atoms with Crippen LogP contribution in [0, 0.1) is 5.41 Å². The second-order valence-electron chi connectivity index (χ2n) is 7.86. The van der Waals surface area contributed by atoms with E-state index in [1.54, 1.807) is 19.9 Å². The summed E-state index contributed by atoms with van der Waals surface area (Å²) < 4.78 is 0. The predicted octanol–water partition coefficient (Wildman–Crippen LogP) is 5.74. The van der Waals surface area contributed by atoms with Gasteiger partial charge in [-0.2, -0.15) is 0 Å². The van der Waals surface area contributed by atoms with Crippen LogP contribution < -0.4 is 0 Å². The molecule has 0 aromatic rings. The third kappa shape index (κ3) is 6.14. The van der Waals surface area contributed by atoms with Gasteiger partial charge in [-0.3, -0.25) is 0 Å². The van der Waals surface area contributed by atoms with Crippen molar-refractivity contribution >= 4 is 5.97 Å². The molecule has 26 heavy (non-hydrogen) atoms. The van der Waals surface area contributed by atoms with Gasteiger partial charge >= 0.3 is 5.97 Å². The van der Waals surface area contributed by atoms with Crippen LogP contribution in [0.3, 0.4) is 0 Å². The van der Waals surface area contributed by atoms with Gasteiger partial charge in [0.15, 0.2) is 0 Å². The Kier molecular flexibility index (Phi) is 8.29. The molecule has 1 rings (SSSR count). The maximum atomic E-state index is 11.3. The van der Waals surface area contributed by atoms with Gasteiger partial charge in [-0.1, -0.05) is 62.3 Å². The molecule has 2 N–H and O–H groups in total. The number of allylic oxidation sites excluding steroid dienone is 9. The monoisotopic (exact) mass is 358 g/mol. The molecule has 0 saturated carbocycles. The summed E-state index contributed by atoms with van der Waals surface area (Å²) in [6, 6.07) is 0. The normalized spacial score (nSPS) is 20.7. The molecule has 0 aromatic heterocycles. The van der Waals surface area contributed by atoms with E-state index in [1.165, 1.54) is 30.4 Å². The highest BCUT2D eigenvalue weighted by Crippen LogP contribution is 2.40. The van der Waals surface area contributed by atoms with Crippen LogP contribution in [-0.2, 0) is 4.79 Å². The highest BCUT2D eigenvalue weighted by Gasteiger charge is 2.26. The van der Waals surface area contributed by atoms with Crippen molar-refractivity contribution in [2.45, 2.75) is 73.3 Å². The number of carboxylic acids is 1. The lowest BCUT2D eigenvalue weighted by Gasteiger charge is -2.32. The SMILES string of the molecule is CCC(O)\C(C(=O)O)=C(C)/C=C/C=C(C)/C=C/C1=C(C)CCCC1(C)C. The largest absolute Gasteiger partial charge is 0.478 e. The zero-order chi connectivity index (χ0) is 19.9. The summed E-state index contributed by atoms with van der Waals surface area (Å²) in [6.07, 6.45) is 13.0. The second kappa shape index (κ2) is 9.72. The van der Waals surface area contributed by atoms with E-state index in [9.17, 15) is 15.0 Å². The number of aliphatic hydroxyl groups excluding tert-OH is 1. The Balaban J connectivity index is 2.94. The topological polar surface area (TPSA) is 57.5 Å². The zero-order valence-electron chi connectivity index (χ0n) is 17.1. The van der Waals surface area contributed by atoms with Gasteiger partial charge in [0.05, 0.1) is 11.7 Å². The van der Waals surface area contributed by atoms with Crippen LogP contribution in [0.15, 0.2) is 58.2 Å². The second-order valence-corrected chi connectivity index (χ2v) is 7.86. The molecule has 1 aliphatic rings. The summed E-state index contributed by atoms with van der Waals surface area (Å²) in [5, 5.41) is 19.1. The number of aliphatic hydroxyl groups is 1. The average Bonchev–Trinajstić information content (AvgIpc) is 2.53. The number of aliphatic carboxylic acids is 1. The Morgan fingerprint density at radius 3 is 2.46 bits per heavy atom. The van der Waals surface area contributed by atoms with Gasteiger partial charge in [-0.25, -0.2) is 4.79 Å². The summed E-state index contributed by atoms with van der Waals surface area (Å²) >= 11 is 0. The number of carboxylic acid groups (broad SMARTS) is 1. The molecule has 1 unspecified atom stereocenters. The Labute approximate surface area is 158 Å². The zero-order valence-corrected chi connectivity index (χ0v) is 17.1. The summed E-state index contributed by atoms with van der Waals surface area (Å²) in [7, 11) is 0. The molecule has 1 aliphatic carbocycles. The summed E-state index contributed by atoms with van der Waals surface area (Å²) in [6.45, 7) is 12.3. The first kappa shape index (κ1) is 22.2. The van der Waals surface area contributed by atoms with Crippen molar-refractivity contribution in [2.24, 2.45) is 5.41 Å². The van der Waals surface area contributed by atoms with Gasteiger partial charge in [0.1, 0.15) is 0 Å². The fourth-order valence-corrected chi connectivity index (χ4v) is 3.49. The van der Waals surface area contributed by atoms with Crippen molar-refractivity contribution in [2.75, 3.05) is 0 Å². The first-order valence-corrected chi connectivity index (χ1v) is 9.45. The van der Waals surface area contributed by atoms with Crippen LogP contribution in [0.5, 0.6) is 0 Å². The molecule has 3 nitrogen and oxygen atoms in total. The van der Waals surface area contributed by atoms with E-state index in [4.69, 9.17) is 0 Å². The highest BCUT2D eigenvalue weighted by molar-refractivity contribution is 5.89. The smallest absolute Gasteiger partial charge is 0.334 e. The van der Waals surface area contributed by atoms with E-state index < -0.39 is 12.1 Å². The maximum absolute atomic E-state index is 11.3. The Morgan fingerprint density at radius 1 is 1.27 bits per heavy atom. The average molecular weight is 359 g/mol. The highest BCUT2D eigenvalue weighted by atomic mass is 16.4. The third-order valence-electron chi connectivity index (χ3n) is 5.14. The molecule has 0 fully saturated rings. The minimum absolute atomic E-state index is 0.0649. The lowest BCUT2D eigenvalue weighted by atomic mass is 9.72. The van der Waals surface area contributed by atoms with Crippen molar-refractivity contribution in [3.63, 3.8) is 0 Å². The lowest BCUT2D eigenvalue weighted by Crippen LogP contribution is -2.19. The van der Waals surface area contributed by atoms with Gasteiger partial charge in [-0.15, -0.1) is 0 Å². The molecule has 0 radical (unpaired) electrons. The molecule has 1 atom stereocenters. The molecule has 0 aliphatic heterocycles. The molecule has 144 valence electrons. The van der Waals surface area contributed by atoms with E-state index >= 15 is 0 Å². The summed E-state index contributed by atoms with van der Waals surface area (Å²) in [4.78, 5) is 11.3. The first-order valence-electron chi connectivity index (χ1n) is 9.45. The molecule has 3 heteroatoms. The third-order valence-corrected chi connectivity index (χ3v) is 5.14. The van der Waals surface area contributed by atoms with Crippen molar-refractivity contribution in [1.29, 1.82) is 0 Å². The lowest BCUT2D eigenvalue weighted by molar-refractivity contribution is -0.133. The Hall–Kier alpha value is -1.87. The molecule has 0 bridgehead atoms. The van der Waals surface area contributed by atoms with Crippen LogP contribution >= 0.6 is 0 Å². The van der Waals surface area contributed by atoms with Crippen LogP contribution in [0.2, 0.25) is 0 Å². The molecular formula is C23H34O3. The fraction of sp³-hybridized carbons (Fsp3) is 0.522. The van der Waals surface area contributed by atoms with E-state index in [-0.39, 0.29) is 11.0 Å². The minimum Gasteiger partial charge on any atom is -0.478 e. The standard InChI is InChI=1S/C23H34O3/c1-7-20(24)21(22(25)26)18(4)11-8-10-16(2)13-14-19-17(3)12-9-15-23(19,5)6/h8,10-11,13-14,20,24H,7,9,12,15H2,1-6H3,(H,25,26)/b11-8+,14-13+,16-10+,21-18+. The van der Waals surface area contributed by atoms with Crippen molar-refractivity contribution in [1.82, 2.24) is 0 Å². The number of rotatable bonds is 7. The van der Waals surface area contributed by atoms with Gasteiger partial charge in [0.25, 0.3) is 0 Å². The van der Waals surface area contributed by atoms with Crippen molar-refractivity contribution in [3.8, 4) is 0 Å². The molecular weight excluding hydrogens is 324 g/mol. The number of hydrogen-bond donors (Lipinski definition) is 2. The maximum Gasteiger partial charge on any atom is 0.334 e. The van der Waals surface area contributed by atoms with Gasteiger partial charge < -0.3 is 10.2 Å². The van der Waals surface area contributed by atoms with Gasteiger partial charge in [0.2, 0.25) is 0 Å². The fourth-order valence-electron chi connectivity index (χ4n) is 3.49. The molecule has 0 heterocycles. The minimum atomic E-state index is -1.07. The van der Waals surface area contributed by atoms with Crippen molar-refractivity contribution in [3.05, 3.63) is 58.2 Å². The molecule has 0 aromatic carbocycles. The Morgan fingerprint density at radius 2 is 1.92 bits per heavy atom. The van der Waals surface area contributed by atoms with E-state index in [2.05, 4.69) is 32.9 Å². The predicted molar refractivity (Wildman–Crippen MR) is 109 cm³/mol. The molecule has 0 spiro atoms. The van der Waals surface area contributed by atoms with Crippen LogP contribution in [-0.4, -0.2) is 22.3 Å². The quantitative estimate of drug-likeness (QED) is 0.450. The van der Waals surface area contributed by atoms with Crippen molar-refractivity contribution < 1.29 is 15.0 Å². The van der Waals surface area contributed by atoms with Gasteiger partial charge in [-0.05, 0) is 63.0 Å². The molecule has 0 saturated heterocycles. The Bertz CT molecular complexity index is 670. The van der Waals surface area contributed by atoms with Gasteiger partial charge in [0, 0.05) is 0 Å². The number of hydrogen-bond acceptors (Lipinski definition) is 2. The summed E-state index contributed by atoms with van der Waals surface area (Å²) in [5.74, 6) is -1.07. The summed E-state index contributed by atoms with van der Waals surface area (Å²) in [5.41, 5.74) is 4.86. The van der Waals surface area contributed by atoms with E-state index in [1.807, 2.05) is 19.1 Å². The first-order chi connectivity index (χ1) is 12.1. The van der Waals surface area contributed by atoms with Crippen LogP contribution in [0.1, 0.15) is 67.2 Å². The van der Waals surface area contributed by atoms with E-state index in [0.29, 0.717) is 12.0 Å². The molecule has 0 amide bonds. The van der Waals surface area contributed by atoms with Crippen LogP contribution in [0.25, 0.3) is 0 Å². The van der Waals surface area contributed by atoms with E-state index in [0.717, 1.165) is 5.57 Å². The van der Waals surface area contributed by atoms with Crippen LogP contribution in [0.4, 0.5) is 0 Å². The number of carbonyl (C=O) groups is 1.